The van der Waals surface area contributed by atoms with Gasteiger partial charge in [0.05, 0.1) is 45.1 Å². The van der Waals surface area contributed by atoms with Crippen molar-refractivity contribution in [1.29, 1.82) is 0 Å². The highest BCUT2D eigenvalue weighted by Crippen LogP contribution is 2.48. The molecule has 25 nitrogen and oxygen atoms in total. The van der Waals surface area contributed by atoms with E-state index in [1.165, 1.54) is 39.4 Å². The van der Waals surface area contributed by atoms with Gasteiger partial charge in [-0.1, -0.05) is 206 Å². The van der Waals surface area contributed by atoms with E-state index in [-0.39, 0.29) is 92.7 Å². The molecule has 11 aromatic rings. The number of sulfone groups is 3. The number of amides is 3. The second-order valence-electron chi connectivity index (χ2n) is 33.4. The van der Waals surface area contributed by atoms with Crippen LogP contribution < -0.4 is 30.7 Å². The Balaban J connectivity index is 0.000000195. The lowest BCUT2D eigenvalue weighted by Crippen LogP contribution is -2.34. The number of nitrogens with one attached hydrogen (secondary N) is 4. The standard InChI is InChI=1S/C38H39N3O4.C30H39N3O4S.C28H35N3O6S.C4H8O2S.BCl3/c1-4-40-38(42)36-35(29-15-16-30-22-39-18-17-28(30)19-29)37(45-41-36)32-20-31(25(2)3)33(43-23-26-11-7-5-8-12-26)21-34(32)44-24-27-13-9-6-10-14-27;1-7-31-30(34)28-27(29(37-32-28)26-17-25(19(3)4)20(5)15-21(26)6)23-9-10-24-18-33(12-11-22(24)16-23)13-14-38(35,36)8-2;1-5-29-28(34)26-25(27(37-30-26)22-14-21(17(3)4)23(32)15-24(22)33)19-7-8-20-16-31(10-9-18(20)13-19)11-12-38(35,36)6-2;1-3-7(5,6)4-2;2-1(3)4/h5-16,19-21,25,39H,4,17-18,22-24H2,1-3H3,(H,40,42);9-10,15-17,19H,7-8,11-14,18H2,1-6H3,(H,31,34);7-8,13-15,17,32-33H,5-6,9-12,16H2,1-4H3,(H,29,34);3H,1,4H2,2H3;. The maximum Gasteiger partial charge on any atom is 0.450 e. The monoisotopic (exact) mass is 1920 g/mol. The predicted octanol–water partition coefficient (Wildman–Crippen LogP) is 19.3. The van der Waals surface area contributed by atoms with Crippen LogP contribution in [-0.2, 0) is 81.6 Å². The molecule has 0 fully saturated rings. The SMILES string of the molecule is C=CS(=O)(=O)CC.CCNC(=O)c1noc(-c2cc(C(C)C)c(C)cc2C)c1-c1ccc2c(c1)CCN(CCS(=O)(=O)CC)C2.CCNC(=O)c1noc(-c2cc(C(C)C)c(O)cc2O)c1-c1ccc2c(c1)CCN(CCS(=O)(=O)CC)C2.CCNC(=O)c1noc(-c2cc(C(C)C)c(OCc3ccccc3)cc2OCc2ccccc2)c1-c1ccc2c(c1)CCNC2.ClB(Cl)Cl. The molecule has 32 heteroatoms. The Morgan fingerprint density at radius 3 is 1.30 bits per heavy atom. The number of ether oxygens (including phenoxy) is 2. The molecule has 3 aliphatic heterocycles. The minimum Gasteiger partial charge on any atom is -0.508 e. The number of phenolic OH excluding ortho intramolecular Hbond substituents is 2. The number of hydrogen-bond donors (Lipinski definition) is 6. The molecule has 0 saturated heterocycles. The molecule has 0 unspecified atom stereocenters. The summed E-state index contributed by atoms with van der Waals surface area (Å²) in [6, 6.07) is 49.9. The molecule has 14 rings (SSSR count). The number of aromatic nitrogens is 3. The molecule has 3 amide bonds. The van der Waals surface area contributed by atoms with Crippen LogP contribution in [0.1, 0.15) is 205 Å². The van der Waals surface area contributed by atoms with Gasteiger partial charge in [-0.15, -0.1) is 0 Å². The van der Waals surface area contributed by atoms with Crippen LogP contribution in [-0.4, -0.2) is 165 Å². The van der Waals surface area contributed by atoms with Crippen molar-refractivity contribution in [3.05, 3.63) is 253 Å². The van der Waals surface area contributed by atoms with Gasteiger partial charge in [0.25, 0.3) is 17.7 Å². The van der Waals surface area contributed by atoms with Gasteiger partial charge in [-0.3, -0.25) is 24.2 Å². The van der Waals surface area contributed by atoms with Crippen molar-refractivity contribution in [2.75, 3.05) is 81.1 Å². The normalized spacial score (nSPS) is 13.2. The number of fused-ring (bicyclic) bond motifs is 3. The lowest BCUT2D eigenvalue weighted by molar-refractivity contribution is 0.0939. The summed E-state index contributed by atoms with van der Waals surface area (Å²) in [6.07, 6.45) is 2.46. The summed E-state index contributed by atoms with van der Waals surface area (Å²) in [7, 11) is -8.92. The first kappa shape index (κ1) is 103. The third kappa shape index (κ3) is 27.3. The van der Waals surface area contributed by atoms with E-state index in [1.54, 1.807) is 26.8 Å². The Morgan fingerprint density at radius 1 is 0.485 bits per heavy atom. The Hall–Kier alpha value is -10.6. The predicted molar refractivity (Wildman–Crippen MR) is 528 cm³/mol. The first-order valence-corrected chi connectivity index (χ1v) is 51.4. The van der Waals surface area contributed by atoms with Crippen molar-refractivity contribution in [3.63, 3.8) is 0 Å². The molecule has 8 aromatic carbocycles. The van der Waals surface area contributed by atoms with Gasteiger partial charge in [0.2, 0.25) is 0 Å². The first-order chi connectivity index (χ1) is 62.9. The van der Waals surface area contributed by atoms with Crippen LogP contribution in [0.15, 0.2) is 177 Å². The Kier molecular flexibility index (Phi) is 37.5. The lowest BCUT2D eigenvalue weighted by atomic mass is 9.88. The van der Waals surface area contributed by atoms with Gasteiger partial charge in [-0.25, -0.2) is 25.3 Å². The van der Waals surface area contributed by atoms with Crippen molar-refractivity contribution >= 4 is 86.6 Å². The van der Waals surface area contributed by atoms with Crippen LogP contribution in [0.5, 0.6) is 23.0 Å². The second kappa shape index (κ2) is 47.9. The minimum atomic E-state index is -3.03. The van der Waals surface area contributed by atoms with E-state index in [2.05, 4.69) is 155 Å². The van der Waals surface area contributed by atoms with E-state index < -0.39 is 34.5 Å². The molecule has 6 N–H and O–H groups in total. The van der Waals surface area contributed by atoms with Crippen LogP contribution in [0.2, 0.25) is 0 Å². The Labute approximate surface area is 791 Å². The largest absolute Gasteiger partial charge is 0.508 e. The van der Waals surface area contributed by atoms with E-state index in [1.807, 2.05) is 113 Å². The fraction of sp³-hybridized carbons (Fsp3) is 0.380. The van der Waals surface area contributed by atoms with Gasteiger partial charge in [0, 0.05) is 100 Å². The number of benzene rings is 8. The number of aromatic hydroxyl groups is 2. The van der Waals surface area contributed by atoms with Gasteiger partial charge < -0.3 is 54.5 Å². The van der Waals surface area contributed by atoms with Crippen LogP contribution in [0, 0.1) is 13.8 Å². The number of aryl methyl sites for hydroxylation is 2. The number of carbonyl (C=O) groups is 3. The van der Waals surface area contributed by atoms with Crippen molar-refractivity contribution in [2.24, 2.45) is 0 Å². The molecule has 0 atom stereocenters. The van der Waals surface area contributed by atoms with Crippen LogP contribution in [0.3, 0.4) is 0 Å². The van der Waals surface area contributed by atoms with Crippen molar-refractivity contribution < 1.29 is 72.9 Å². The zero-order chi connectivity index (χ0) is 95.9. The number of nitrogens with zero attached hydrogens (tertiary/aromatic N) is 5. The lowest BCUT2D eigenvalue weighted by Gasteiger charge is -2.29. The summed E-state index contributed by atoms with van der Waals surface area (Å²) in [4.78, 5) is 42.8. The second-order valence-corrected chi connectivity index (χ2v) is 42.6. The molecule has 0 aliphatic carbocycles. The van der Waals surface area contributed by atoms with E-state index in [0.29, 0.717) is 110 Å². The summed E-state index contributed by atoms with van der Waals surface area (Å²) >= 11 is 14.4. The van der Waals surface area contributed by atoms with E-state index in [9.17, 15) is 49.9 Å². The molecule has 0 spiro atoms. The van der Waals surface area contributed by atoms with Gasteiger partial charge in [0.15, 0.2) is 63.9 Å². The zero-order valence-corrected chi connectivity index (χ0v) is 82.3. The smallest absolute Gasteiger partial charge is 0.450 e. The summed E-state index contributed by atoms with van der Waals surface area (Å²) in [5.74, 6) is 2.83. The van der Waals surface area contributed by atoms with Gasteiger partial charge in [0.1, 0.15) is 36.2 Å². The number of rotatable bonds is 31. The fourth-order valence-corrected chi connectivity index (χ4v) is 17.7. The van der Waals surface area contributed by atoms with Crippen molar-refractivity contribution in [1.82, 2.24) is 46.5 Å². The molecule has 132 heavy (non-hydrogen) atoms. The van der Waals surface area contributed by atoms with Gasteiger partial charge in [-0.05, 0) is 185 Å². The van der Waals surface area contributed by atoms with Crippen LogP contribution >= 0.6 is 34.4 Å². The molecule has 704 valence electrons. The average molecular weight is 1920 g/mol. The Morgan fingerprint density at radius 2 is 0.886 bits per heavy atom. The summed E-state index contributed by atoms with van der Waals surface area (Å²) in [5.41, 5.74) is 21.4. The number of carbonyl (C=O) groups excluding carboxylic acids is 3. The van der Waals surface area contributed by atoms with E-state index >= 15 is 0 Å². The highest BCUT2D eigenvalue weighted by molar-refractivity contribution is 7.94. The van der Waals surface area contributed by atoms with E-state index in [4.69, 9.17) is 57.4 Å². The van der Waals surface area contributed by atoms with Crippen LogP contribution in [0.25, 0.3) is 67.4 Å². The summed E-state index contributed by atoms with van der Waals surface area (Å²) < 4.78 is 99.0. The average Bonchev–Trinajstić information content (AvgIpc) is 1.60. The van der Waals surface area contributed by atoms with Crippen LogP contribution in [0.4, 0.5) is 0 Å². The Bertz CT molecular complexity index is 5980. The minimum absolute atomic E-state index is 0.0115. The first-order valence-electron chi connectivity index (χ1n) is 44.7. The van der Waals surface area contributed by atoms with Crippen molar-refractivity contribution in [2.45, 2.75) is 167 Å². The summed E-state index contributed by atoms with van der Waals surface area (Å²) in [5, 5.41) is 46.7. The third-order valence-electron chi connectivity index (χ3n) is 23.2. The molecule has 0 bridgehead atoms. The molecular formula is C100H121BCl3N9O16S3. The highest BCUT2D eigenvalue weighted by Gasteiger charge is 2.34. The molecule has 0 saturated carbocycles. The molecule has 6 heterocycles. The highest BCUT2D eigenvalue weighted by atomic mass is 35.6. The van der Waals surface area contributed by atoms with Gasteiger partial charge in [-0.2, -0.15) is 34.4 Å². The molecule has 3 aliphatic rings. The van der Waals surface area contributed by atoms with Gasteiger partial charge >= 0.3 is 4.96 Å². The topological polar surface area (TPSA) is 345 Å². The van der Waals surface area contributed by atoms with E-state index in [0.717, 1.165) is 118 Å². The quantitative estimate of drug-likeness (QED) is 0.0220. The zero-order valence-electron chi connectivity index (χ0n) is 77.6. The fourth-order valence-electron chi connectivity index (χ4n) is 15.8. The van der Waals surface area contributed by atoms with Crippen molar-refractivity contribution in [3.8, 4) is 90.3 Å². The number of phenols is 2. The maximum atomic E-state index is 13.3. The molecule has 0 radical (unpaired) electrons. The molecule has 3 aromatic heterocycles. The third-order valence-corrected chi connectivity index (χ3v) is 27.9. The maximum absolute atomic E-state index is 13.3. The molecular weight excluding hydrogens is 1800 g/mol. The number of hydrogen-bond acceptors (Lipinski definition) is 22. The summed E-state index contributed by atoms with van der Waals surface area (Å²) in [6.45, 7) is 38.1. The number of halogens is 3.